The molecule has 0 unspecified atom stereocenters. The van der Waals surface area contributed by atoms with Gasteiger partial charge in [-0.2, -0.15) is 13.6 Å². The van der Waals surface area contributed by atoms with Crippen molar-refractivity contribution in [2.75, 3.05) is 5.73 Å². The number of nitrogens with two attached hydrogens (primary N) is 2. The average molecular weight is 244 g/mol. The molecule has 0 aromatic heterocycles. The second-order valence-corrected chi connectivity index (χ2v) is 4.46. The maximum absolute atomic E-state index is 11.2. The summed E-state index contributed by atoms with van der Waals surface area (Å²) in [6.45, 7) is 1.78. The third kappa shape index (κ3) is 3.87. The van der Waals surface area contributed by atoms with Gasteiger partial charge in [-0.3, -0.25) is 4.79 Å². The Kier molecular flexibility index (Phi) is 3.51. The van der Waals surface area contributed by atoms with Gasteiger partial charge < -0.3 is 9.92 Å². The fraction of sp³-hybridized carbons (Fsp3) is 0.222. The molecule has 0 saturated carbocycles. The highest BCUT2D eigenvalue weighted by atomic mass is 32.2. The fourth-order valence-corrected chi connectivity index (χ4v) is 1.51. The van der Waals surface area contributed by atoms with Crippen molar-refractivity contribution in [3.05, 3.63) is 29.3 Å². The first-order valence-electron chi connectivity index (χ1n) is 4.38. The van der Waals surface area contributed by atoms with Crippen LogP contribution in [-0.2, 0) is 25.7 Å². The lowest BCUT2D eigenvalue weighted by molar-refractivity contribution is -0.133. The molecule has 0 spiro atoms. The molecule has 0 saturated heterocycles. The van der Waals surface area contributed by atoms with Crippen LogP contribution in [0.5, 0.6) is 0 Å². The SMILES string of the molecule is Cc1ccc(N)cc1CC(=O)OS(N)(=O)=O. The zero-order chi connectivity index (χ0) is 12.3. The molecule has 0 aliphatic heterocycles. The Morgan fingerprint density at radius 3 is 2.62 bits per heavy atom. The first-order chi connectivity index (χ1) is 7.28. The standard InChI is InChI=1S/C9H12N2O4S/c1-6-2-3-8(10)4-7(6)5-9(12)15-16(11,13)14/h2-4H,5,10H2,1H3,(H2,11,13,14). The van der Waals surface area contributed by atoms with Crippen molar-refractivity contribution in [2.24, 2.45) is 5.14 Å². The van der Waals surface area contributed by atoms with Crippen molar-refractivity contribution in [1.82, 2.24) is 0 Å². The minimum atomic E-state index is -4.25. The Morgan fingerprint density at radius 2 is 2.06 bits per heavy atom. The summed E-state index contributed by atoms with van der Waals surface area (Å²) in [5, 5.41) is 4.56. The van der Waals surface area contributed by atoms with Crippen LogP contribution in [0, 0.1) is 6.92 Å². The van der Waals surface area contributed by atoms with Crippen LogP contribution in [0.15, 0.2) is 18.2 Å². The lowest BCUT2D eigenvalue weighted by atomic mass is 10.1. The molecular formula is C9H12N2O4S. The molecule has 0 aliphatic rings. The van der Waals surface area contributed by atoms with Crippen LogP contribution in [0.1, 0.15) is 11.1 Å². The number of anilines is 1. The quantitative estimate of drug-likeness (QED) is 0.719. The predicted octanol–water partition coefficient (Wildman–Crippen LogP) is -0.134. The normalized spacial score (nSPS) is 11.1. The van der Waals surface area contributed by atoms with Crippen LogP contribution in [0.3, 0.4) is 0 Å². The van der Waals surface area contributed by atoms with E-state index in [-0.39, 0.29) is 6.42 Å². The zero-order valence-electron chi connectivity index (χ0n) is 8.64. The minimum absolute atomic E-state index is 0.187. The summed E-state index contributed by atoms with van der Waals surface area (Å²) in [7, 11) is -4.25. The van der Waals surface area contributed by atoms with E-state index in [9.17, 15) is 13.2 Å². The number of nitrogen functional groups attached to an aromatic ring is 1. The van der Waals surface area contributed by atoms with E-state index in [1.54, 1.807) is 25.1 Å². The molecule has 4 N–H and O–H groups in total. The molecule has 1 aromatic carbocycles. The lowest BCUT2D eigenvalue weighted by Crippen LogP contribution is -2.21. The summed E-state index contributed by atoms with van der Waals surface area (Å²) < 4.78 is 25.0. The predicted molar refractivity (Wildman–Crippen MR) is 58.5 cm³/mol. The highest BCUT2D eigenvalue weighted by Crippen LogP contribution is 2.13. The van der Waals surface area contributed by atoms with Gasteiger partial charge in [-0.05, 0) is 30.2 Å². The number of carbonyl (C=O) groups excluding carboxylic acids is 1. The average Bonchev–Trinajstić information content (AvgIpc) is 2.08. The second-order valence-electron chi connectivity index (χ2n) is 3.31. The summed E-state index contributed by atoms with van der Waals surface area (Å²) in [6.07, 6.45) is -0.187. The van der Waals surface area contributed by atoms with Gasteiger partial charge in [-0.25, -0.2) is 0 Å². The molecule has 0 aliphatic carbocycles. The molecule has 0 heterocycles. The first-order valence-corrected chi connectivity index (χ1v) is 5.85. The van der Waals surface area contributed by atoms with Crippen LogP contribution >= 0.6 is 0 Å². The van der Waals surface area contributed by atoms with E-state index in [0.717, 1.165) is 5.56 Å². The third-order valence-corrected chi connectivity index (χ3v) is 2.34. The first kappa shape index (κ1) is 12.5. The minimum Gasteiger partial charge on any atom is -0.399 e. The van der Waals surface area contributed by atoms with Gasteiger partial charge >= 0.3 is 16.3 Å². The van der Waals surface area contributed by atoms with E-state index in [1.165, 1.54) is 0 Å². The summed E-state index contributed by atoms with van der Waals surface area (Å²) >= 11 is 0. The van der Waals surface area contributed by atoms with E-state index < -0.39 is 16.3 Å². The molecule has 88 valence electrons. The van der Waals surface area contributed by atoms with Crippen molar-refractivity contribution in [3.8, 4) is 0 Å². The number of rotatable bonds is 3. The van der Waals surface area contributed by atoms with E-state index in [0.29, 0.717) is 11.3 Å². The number of hydrogen-bond acceptors (Lipinski definition) is 5. The Hall–Kier alpha value is -1.60. The molecule has 0 amide bonds. The molecule has 1 rings (SSSR count). The van der Waals surface area contributed by atoms with Crippen LogP contribution in [0.4, 0.5) is 5.69 Å². The molecule has 0 fully saturated rings. The number of benzene rings is 1. The Labute approximate surface area is 93.5 Å². The third-order valence-electron chi connectivity index (χ3n) is 1.92. The summed E-state index contributed by atoms with van der Waals surface area (Å²) in [4.78, 5) is 11.2. The van der Waals surface area contributed by atoms with Gasteiger partial charge in [-0.15, -0.1) is 0 Å². The smallest absolute Gasteiger partial charge is 0.382 e. The van der Waals surface area contributed by atoms with E-state index in [1.807, 2.05) is 0 Å². The molecule has 6 nitrogen and oxygen atoms in total. The van der Waals surface area contributed by atoms with Gasteiger partial charge in [0.1, 0.15) is 0 Å². The summed E-state index contributed by atoms with van der Waals surface area (Å²) in [5.41, 5.74) is 7.45. The van der Waals surface area contributed by atoms with Gasteiger partial charge in [0.05, 0.1) is 6.42 Å². The largest absolute Gasteiger partial charge is 0.399 e. The number of hydrogen-bond donors (Lipinski definition) is 2. The van der Waals surface area contributed by atoms with E-state index in [2.05, 4.69) is 9.32 Å². The van der Waals surface area contributed by atoms with Crippen molar-refractivity contribution in [1.29, 1.82) is 0 Å². The molecule has 0 bridgehead atoms. The Morgan fingerprint density at radius 1 is 1.44 bits per heavy atom. The summed E-state index contributed by atoms with van der Waals surface area (Å²) in [5.74, 6) is -0.934. The summed E-state index contributed by atoms with van der Waals surface area (Å²) in [6, 6.07) is 5.00. The van der Waals surface area contributed by atoms with Crippen molar-refractivity contribution >= 4 is 22.0 Å². The van der Waals surface area contributed by atoms with E-state index in [4.69, 9.17) is 5.73 Å². The zero-order valence-corrected chi connectivity index (χ0v) is 9.45. The number of aryl methyl sites for hydroxylation is 1. The van der Waals surface area contributed by atoms with Crippen molar-refractivity contribution in [3.63, 3.8) is 0 Å². The fourth-order valence-electron chi connectivity index (χ4n) is 1.20. The molecule has 16 heavy (non-hydrogen) atoms. The van der Waals surface area contributed by atoms with Crippen molar-refractivity contribution < 1.29 is 17.4 Å². The maximum atomic E-state index is 11.2. The molecule has 0 radical (unpaired) electrons. The van der Waals surface area contributed by atoms with Crippen LogP contribution in [0.25, 0.3) is 0 Å². The highest BCUT2D eigenvalue weighted by molar-refractivity contribution is 7.84. The Balaban J connectivity index is 2.81. The van der Waals surface area contributed by atoms with Crippen molar-refractivity contribution in [2.45, 2.75) is 13.3 Å². The molecule has 0 atom stereocenters. The van der Waals surface area contributed by atoms with Crippen LogP contribution < -0.4 is 10.9 Å². The monoisotopic (exact) mass is 244 g/mol. The molecular weight excluding hydrogens is 232 g/mol. The topological polar surface area (TPSA) is 112 Å². The highest BCUT2D eigenvalue weighted by Gasteiger charge is 2.13. The van der Waals surface area contributed by atoms with Gasteiger partial charge in [-0.1, -0.05) is 6.07 Å². The molecule has 7 heteroatoms. The van der Waals surface area contributed by atoms with Crippen LogP contribution in [0.2, 0.25) is 0 Å². The van der Waals surface area contributed by atoms with Gasteiger partial charge in [0.25, 0.3) is 0 Å². The van der Waals surface area contributed by atoms with Gasteiger partial charge in [0, 0.05) is 5.69 Å². The maximum Gasteiger partial charge on any atom is 0.382 e. The lowest BCUT2D eigenvalue weighted by Gasteiger charge is -2.05. The van der Waals surface area contributed by atoms with Gasteiger partial charge in [0.15, 0.2) is 0 Å². The second kappa shape index (κ2) is 4.50. The van der Waals surface area contributed by atoms with Gasteiger partial charge in [0.2, 0.25) is 0 Å². The van der Waals surface area contributed by atoms with Crippen LogP contribution in [-0.4, -0.2) is 14.4 Å². The molecule has 1 aromatic rings. The Bertz CT molecular complexity index is 510. The number of carbonyl (C=O) groups is 1. The van der Waals surface area contributed by atoms with E-state index >= 15 is 0 Å².